The van der Waals surface area contributed by atoms with Gasteiger partial charge in [-0.3, -0.25) is 0 Å². The third-order valence-electron chi connectivity index (χ3n) is 5.06. The molecule has 2 atom stereocenters. The summed E-state index contributed by atoms with van der Waals surface area (Å²) in [5.41, 5.74) is 9.44. The molecule has 30 heavy (non-hydrogen) atoms. The Bertz CT molecular complexity index is 1030. The molecule has 158 valence electrons. The zero-order valence-corrected chi connectivity index (χ0v) is 18.1. The SMILES string of the molecule is COc1ccc([C@H](N)C[C@H](Cc2ccccc2)NS(=O)(=O)c2ccc(C)cc2)cc1. The standard InChI is InChI=1S/C24H28N2O3S/c1-18-8-14-23(15-9-18)30(27,28)26-21(16-19-6-4-3-5-7-19)17-24(25)20-10-12-22(29-2)13-11-20/h3-15,21,24,26H,16-17,25H2,1-2H3/t21-,24+/m0/s1. The molecule has 0 spiro atoms. The van der Waals surface area contributed by atoms with Crippen molar-refractivity contribution in [2.24, 2.45) is 5.73 Å². The van der Waals surface area contributed by atoms with Crippen molar-refractivity contribution in [3.63, 3.8) is 0 Å². The van der Waals surface area contributed by atoms with Crippen molar-refractivity contribution < 1.29 is 13.2 Å². The minimum atomic E-state index is -3.66. The van der Waals surface area contributed by atoms with Crippen LogP contribution in [0.4, 0.5) is 0 Å². The Labute approximate surface area is 178 Å². The van der Waals surface area contributed by atoms with E-state index < -0.39 is 10.0 Å². The normalized spacial score (nSPS) is 13.6. The average Bonchev–Trinajstić information content (AvgIpc) is 2.74. The first kappa shape index (κ1) is 22.0. The van der Waals surface area contributed by atoms with Crippen molar-refractivity contribution >= 4 is 10.0 Å². The molecule has 0 saturated carbocycles. The number of nitrogens with one attached hydrogen (secondary N) is 1. The molecule has 0 fully saturated rings. The van der Waals surface area contributed by atoms with Gasteiger partial charge in [-0.05, 0) is 55.2 Å². The Morgan fingerprint density at radius 1 is 0.933 bits per heavy atom. The van der Waals surface area contributed by atoms with Crippen molar-refractivity contribution in [2.75, 3.05) is 7.11 Å². The van der Waals surface area contributed by atoms with Crippen LogP contribution in [0.25, 0.3) is 0 Å². The summed E-state index contributed by atoms with van der Waals surface area (Å²) in [5.74, 6) is 0.756. The highest BCUT2D eigenvalue weighted by atomic mass is 32.2. The number of nitrogens with two attached hydrogens (primary N) is 1. The quantitative estimate of drug-likeness (QED) is 0.544. The maximum atomic E-state index is 13.0. The van der Waals surface area contributed by atoms with E-state index in [0.717, 1.165) is 22.4 Å². The first-order valence-electron chi connectivity index (χ1n) is 9.90. The summed E-state index contributed by atoms with van der Waals surface area (Å²) in [6, 6.07) is 23.5. The second-order valence-electron chi connectivity index (χ2n) is 7.44. The van der Waals surface area contributed by atoms with Crippen molar-refractivity contribution in [3.05, 3.63) is 95.6 Å². The number of sulfonamides is 1. The summed E-state index contributed by atoms with van der Waals surface area (Å²) in [4.78, 5) is 0.254. The molecule has 0 radical (unpaired) electrons. The minimum absolute atomic E-state index is 0.254. The number of aryl methyl sites for hydroxylation is 1. The smallest absolute Gasteiger partial charge is 0.240 e. The highest BCUT2D eigenvalue weighted by molar-refractivity contribution is 7.89. The molecule has 0 aliphatic carbocycles. The van der Waals surface area contributed by atoms with Gasteiger partial charge in [-0.15, -0.1) is 0 Å². The molecular formula is C24H28N2O3S. The molecule has 0 amide bonds. The first-order valence-corrected chi connectivity index (χ1v) is 11.4. The molecule has 3 aromatic rings. The van der Waals surface area contributed by atoms with Crippen molar-refractivity contribution in [3.8, 4) is 5.75 Å². The van der Waals surface area contributed by atoms with Crippen molar-refractivity contribution in [2.45, 2.75) is 36.7 Å². The van der Waals surface area contributed by atoms with Crippen LogP contribution in [0.2, 0.25) is 0 Å². The first-order chi connectivity index (χ1) is 14.4. The fraction of sp³-hybridized carbons (Fsp3) is 0.250. The molecule has 0 heterocycles. The molecule has 3 rings (SSSR count). The zero-order valence-electron chi connectivity index (χ0n) is 17.3. The van der Waals surface area contributed by atoms with E-state index in [9.17, 15) is 8.42 Å². The van der Waals surface area contributed by atoms with Gasteiger partial charge in [-0.2, -0.15) is 0 Å². The molecule has 6 heteroatoms. The van der Waals surface area contributed by atoms with Crippen LogP contribution in [0.3, 0.4) is 0 Å². The van der Waals surface area contributed by atoms with E-state index in [1.54, 1.807) is 31.4 Å². The summed E-state index contributed by atoms with van der Waals surface area (Å²) in [6.07, 6.45) is 1.02. The second-order valence-corrected chi connectivity index (χ2v) is 9.15. The Morgan fingerprint density at radius 2 is 1.57 bits per heavy atom. The van der Waals surface area contributed by atoms with Gasteiger partial charge in [0.1, 0.15) is 5.75 Å². The van der Waals surface area contributed by atoms with Gasteiger partial charge >= 0.3 is 0 Å². The van der Waals surface area contributed by atoms with Gasteiger partial charge < -0.3 is 10.5 Å². The van der Waals surface area contributed by atoms with Crippen LogP contribution in [0.1, 0.15) is 29.2 Å². The molecule has 3 aromatic carbocycles. The summed E-state index contributed by atoms with van der Waals surface area (Å²) in [7, 11) is -2.04. The van der Waals surface area contributed by atoms with Gasteiger partial charge in [0.15, 0.2) is 0 Å². The van der Waals surface area contributed by atoms with E-state index in [2.05, 4.69) is 4.72 Å². The number of ether oxygens (including phenoxy) is 1. The van der Waals surface area contributed by atoms with Crippen LogP contribution >= 0.6 is 0 Å². The molecular weight excluding hydrogens is 396 g/mol. The number of hydrogen-bond donors (Lipinski definition) is 2. The second kappa shape index (κ2) is 9.89. The van der Waals surface area contributed by atoms with Crippen LogP contribution in [0.5, 0.6) is 5.75 Å². The topological polar surface area (TPSA) is 81.4 Å². The molecule has 0 bridgehead atoms. The highest BCUT2D eigenvalue weighted by Crippen LogP contribution is 2.22. The minimum Gasteiger partial charge on any atom is -0.497 e. The molecule has 0 saturated heterocycles. The predicted octanol–water partition coefficient (Wildman–Crippen LogP) is 3.98. The number of rotatable bonds is 9. The van der Waals surface area contributed by atoms with E-state index in [4.69, 9.17) is 10.5 Å². The molecule has 3 N–H and O–H groups in total. The molecule has 0 aliphatic heterocycles. The van der Waals surface area contributed by atoms with E-state index in [1.165, 1.54) is 0 Å². The van der Waals surface area contributed by atoms with Gasteiger partial charge in [0.25, 0.3) is 0 Å². The summed E-state index contributed by atoms with van der Waals surface area (Å²) in [5, 5.41) is 0. The van der Waals surface area contributed by atoms with Gasteiger partial charge in [0.05, 0.1) is 12.0 Å². The lowest BCUT2D eigenvalue weighted by Gasteiger charge is -2.23. The van der Waals surface area contributed by atoms with Crippen LogP contribution in [-0.2, 0) is 16.4 Å². The largest absolute Gasteiger partial charge is 0.497 e. The van der Waals surface area contributed by atoms with Crippen LogP contribution < -0.4 is 15.2 Å². The van der Waals surface area contributed by atoms with Gasteiger partial charge in [0.2, 0.25) is 10.0 Å². The molecule has 0 aromatic heterocycles. The lowest BCUT2D eigenvalue weighted by molar-refractivity contribution is 0.414. The Kier molecular flexibility index (Phi) is 7.26. The van der Waals surface area contributed by atoms with Gasteiger partial charge in [0, 0.05) is 12.1 Å². The summed E-state index contributed by atoms with van der Waals surface area (Å²) in [6.45, 7) is 1.93. The predicted molar refractivity (Wildman–Crippen MR) is 120 cm³/mol. The highest BCUT2D eigenvalue weighted by Gasteiger charge is 2.23. The lowest BCUT2D eigenvalue weighted by atomic mass is 9.96. The Balaban J connectivity index is 1.81. The van der Waals surface area contributed by atoms with E-state index >= 15 is 0 Å². The number of hydrogen-bond acceptors (Lipinski definition) is 4. The van der Waals surface area contributed by atoms with Gasteiger partial charge in [-0.1, -0.05) is 60.2 Å². The lowest BCUT2D eigenvalue weighted by Crippen LogP contribution is -2.38. The summed E-state index contributed by atoms with van der Waals surface area (Å²) >= 11 is 0. The average molecular weight is 425 g/mol. The zero-order chi connectivity index (χ0) is 21.6. The molecule has 5 nitrogen and oxygen atoms in total. The number of methoxy groups -OCH3 is 1. The third kappa shape index (κ3) is 5.92. The Morgan fingerprint density at radius 3 is 2.17 bits per heavy atom. The molecule has 0 unspecified atom stereocenters. The fourth-order valence-corrected chi connectivity index (χ4v) is 4.62. The monoisotopic (exact) mass is 424 g/mol. The maximum Gasteiger partial charge on any atom is 0.240 e. The van der Waals surface area contributed by atoms with Crippen molar-refractivity contribution in [1.29, 1.82) is 0 Å². The number of benzene rings is 3. The van der Waals surface area contributed by atoms with E-state index in [1.807, 2.05) is 61.5 Å². The van der Waals surface area contributed by atoms with E-state index in [0.29, 0.717) is 12.8 Å². The van der Waals surface area contributed by atoms with Crippen molar-refractivity contribution in [1.82, 2.24) is 4.72 Å². The van der Waals surface area contributed by atoms with Gasteiger partial charge in [-0.25, -0.2) is 13.1 Å². The van der Waals surface area contributed by atoms with E-state index in [-0.39, 0.29) is 17.0 Å². The van der Waals surface area contributed by atoms with Crippen LogP contribution in [0, 0.1) is 6.92 Å². The fourth-order valence-electron chi connectivity index (χ4n) is 3.37. The van der Waals surface area contributed by atoms with Crippen LogP contribution in [0.15, 0.2) is 83.8 Å². The van der Waals surface area contributed by atoms with Crippen LogP contribution in [-0.4, -0.2) is 21.6 Å². The third-order valence-corrected chi connectivity index (χ3v) is 6.60. The maximum absolute atomic E-state index is 13.0. The Hall–Kier alpha value is -2.67. The summed E-state index contributed by atoms with van der Waals surface area (Å²) < 4.78 is 34.0. The molecule has 0 aliphatic rings.